The first-order valence-electron chi connectivity index (χ1n) is 6.07. The lowest BCUT2D eigenvalue weighted by molar-refractivity contribution is 0.235. The average molecular weight is 239 g/mol. The minimum Gasteiger partial charge on any atom is -0.314 e. The molecule has 1 N–H and O–H groups in total. The summed E-state index contributed by atoms with van der Waals surface area (Å²) in [7, 11) is 4.19. The molecule has 0 saturated heterocycles. The zero-order chi connectivity index (χ0) is 11.4. The first kappa shape index (κ1) is 12.0. The van der Waals surface area contributed by atoms with E-state index in [0.29, 0.717) is 0 Å². The molecular formula is C12H21N3S. The van der Waals surface area contributed by atoms with E-state index < -0.39 is 0 Å². The highest BCUT2D eigenvalue weighted by molar-refractivity contribution is 7.09. The van der Waals surface area contributed by atoms with Crippen molar-refractivity contribution in [3.8, 4) is 0 Å². The van der Waals surface area contributed by atoms with Gasteiger partial charge in [-0.15, -0.1) is 11.3 Å². The molecule has 1 heterocycles. The van der Waals surface area contributed by atoms with Gasteiger partial charge in [0.05, 0.1) is 5.69 Å². The van der Waals surface area contributed by atoms with Gasteiger partial charge in [0.15, 0.2) is 0 Å². The Morgan fingerprint density at radius 3 is 2.94 bits per heavy atom. The van der Waals surface area contributed by atoms with Crippen LogP contribution >= 0.6 is 11.3 Å². The van der Waals surface area contributed by atoms with Crippen molar-refractivity contribution in [1.82, 2.24) is 15.2 Å². The minimum absolute atomic E-state index is 0.787. The number of rotatable bonds is 5. The summed E-state index contributed by atoms with van der Waals surface area (Å²) in [6.45, 7) is 1.89. The quantitative estimate of drug-likeness (QED) is 0.854. The van der Waals surface area contributed by atoms with Crippen LogP contribution in [0.25, 0.3) is 0 Å². The predicted octanol–water partition coefficient (Wildman–Crippen LogP) is 2.24. The monoisotopic (exact) mass is 239 g/mol. The molecule has 4 heteroatoms. The Hall–Kier alpha value is -0.450. The first-order valence-corrected chi connectivity index (χ1v) is 6.95. The van der Waals surface area contributed by atoms with Gasteiger partial charge in [0.25, 0.3) is 0 Å². The molecule has 0 radical (unpaired) electrons. The van der Waals surface area contributed by atoms with Gasteiger partial charge in [0.2, 0.25) is 0 Å². The Bertz CT molecular complexity index is 318. The lowest BCUT2D eigenvalue weighted by Crippen LogP contribution is -2.28. The summed E-state index contributed by atoms with van der Waals surface area (Å²) in [5.41, 5.74) is 1.23. The number of aromatic nitrogens is 1. The molecule has 90 valence electrons. The van der Waals surface area contributed by atoms with Crippen molar-refractivity contribution in [1.29, 1.82) is 0 Å². The van der Waals surface area contributed by atoms with Gasteiger partial charge in [0, 0.05) is 24.5 Å². The lowest BCUT2D eigenvalue weighted by atomic mass is 10.2. The Kier molecular flexibility index (Phi) is 4.32. The molecule has 0 unspecified atom stereocenters. The summed E-state index contributed by atoms with van der Waals surface area (Å²) in [5, 5.41) is 6.52. The van der Waals surface area contributed by atoms with E-state index in [9.17, 15) is 0 Å². The Balaban J connectivity index is 1.87. The van der Waals surface area contributed by atoms with Crippen molar-refractivity contribution in [3.05, 3.63) is 16.1 Å². The van der Waals surface area contributed by atoms with Crippen molar-refractivity contribution in [3.63, 3.8) is 0 Å². The van der Waals surface area contributed by atoms with Crippen LogP contribution in [0.5, 0.6) is 0 Å². The zero-order valence-corrected chi connectivity index (χ0v) is 11.0. The van der Waals surface area contributed by atoms with E-state index in [1.54, 1.807) is 11.3 Å². The SMILES string of the molecule is CNCc1nc(CN(C)C2CCCC2)cs1. The molecule has 0 aromatic carbocycles. The standard InChI is InChI=1S/C12H21N3S/c1-13-7-12-14-10(9-16-12)8-15(2)11-5-3-4-6-11/h9,11,13H,3-8H2,1-2H3. The van der Waals surface area contributed by atoms with Crippen LogP contribution in [0.1, 0.15) is 36.4 Å². The Labute approximate surface area is 102 Å². The maximum absolute atomic E-state index is 4.63. The van der Waals surface area contributed by atoms with Crippen molar-refractivity contribution >= 4 is 11.3 Å². The lowest BCUT2D eigenvalue weighted by Gasteiger charge is -2.22. The summed E-state index contributed by atoms with van der Waals surface area (Å²) in [6.07, 6.45) is 5.53. The molecule has 1 saturated carbocycles. The normalized spacial score (nSPS) is 17.4. The summed E-state index contributed by atoms with van der Waals surface area (Å²) < 4.78 is 0. The maximum Gasteiger partial charge on any atom is 0.107 e. The van der Waals surface area contributed by atoms with E-state index in [2.05, 4.69) is 27.6 Å². The molecule has 1 aromatic rings. The van der Waals surface area contributed by atoms with E-state index in [1.807, 2.05) is 7.05 Å². The summed E-state index contributed by atoms with van der Waals surface area (Å²) in [5.74, 6) is 0. The molecule has 16 heavy (non-hydrogen) atoms. The Morgan fingerprint density at radius 2 is 2.25 bits per heavy atom. The number of hydrogen-bond acceptors (Lipinski definition) is 4. The molecule has 1 fully saturated rings. The minimum atomic E-state index is 0.787. The van der Waals surface area contributed by atoms with Crippen LogP contribution in [0, 0.1) is 0 Å². The van der Waals surface area contributed by atoms with Crippen LogP contribution in [0.15, 0.2) is 5.38 Å². The van der Waals surface area contributed by atoms with E-state index in [4.69, 9.17) is 0 Å². The summed E-state index contributed by atoms with van der Waals surface area (Å²) in [4.78, 5) is 7.09. The fraction of sp³-hybridized carbons (Fsp3) is 0.750. The highest BCUT2D eigenvalue weighted by atomic mass is 32.1. The van der Waals surface area contributed by atoms with Crippen LogP contribution in [-0.2, 0) is 13.1 Å². The highest BCUT2D eigenvalue weighted by Gasteiger charge is 2.19. The fourth-order valence-electron chi connectivity index (χ4n) is 2.38. The van der Waals surface area contributed by atoms with Crippen molar-refractivity contribution in [2.75, 3.05) is 14.1 Å². The van der Waals surface area contributed by atoms with Gasteiger partial charge in [0.1, 0.15) is 5.01 Å². The Morgan fingerprint density at radius 1 is 1.50 bits per heavy atom. The summed E-state index contributed by atoms with van der Waals surface area (Å²) >= 11 is 1.76. The molecule has 0 aliphatic heterocycles. The highest BCUT2D eigenvalue weighted by Crippen LogP contribution is 2.23. The third kappa shape index (κ3) is 3.03. The van der Waals surface area contributed by atoms with Crippen molar-refractivity contribution in [2.45, 2.75) is 44.8 Å². The molecule has 1 aromatic heterocycles. The van der Waals surface area contributed by atoms with Crippen molar-refractivity contribution in [2.24, 2.45) is 0 Å². The van der Waals surface area contributed by atoms with Crippen molar-refractivity contribution < 1.29 is 0 Å². The predicted molar refractivity (Wildman–Crippen MR) is 68.6 cm³/mol. The molecule has 0 bridgehead atoms. The van der Waals surface area contributed by atoms with Gasteiger partial charge in [-0.3, -0.25) is 4.90 Å². The topological polar surface area (TPSA) is 28.2 Å². The molecule has 0 atom stereocenters. The second-order valence-electron chi connectivity index (χ2n) is 4.62. The van der Waals surface area contributed by atoms with Crippen LogP contribution < -0.4 is 5.32 Å². The van der Waals surface area contributed by atoms with E-state index >= 15 is 0 Å². The van der Waals surface area contributed by atoms with E-state index in [1.165, 1.54) is 36.4 Å². The molecule has 2 rings (SSSR count). The largest absolute Gasteiger partial charge is 0.314 e. The van der Waals surface area contributed by atoms with Gasteiger partial charge in [-0.1, -0.05) is 12.8 Å². The molecule has 0 amide bonds. The molecule has 1 aliphatic carbocycles. The second kappa shape index (κ2) is 5.75. The number of nitrogens with one attached hydrogen (secondary N) is 1. The second-order valence-corrected chi connectivity index (χ2v) is 5.56. The van der Waals surface area contributed by atoms with Gasteiger partial charge < -0.3 is 5.32 Å². The number of nitrogens with zero attached hydrogens (tertiary/aromatic N) is 2. The smallest absolute Gasteiger partial charge is 0.107 e. The number of hydrogen-bond donors (Lipinski definition) is 1. The number of thiazole rings is 1. The van der Waals surface area contributed by atoms with Gasteiger partial charge in [-0.05, 0) is 26.9 Å². The first-order chi connectivity index (χ1) is 7.79. The molecule has 1 aliphatic rings. The maximum atomic E-state index is 4.63. The molecule has 0 spiro atoms. The third-order valence-electron chi connectivity index (χ3n) is 3.29. The van der Waals surface area contributed by atoms with Gasteiger partial charge in [-0.2, -0.15) is 0 Å². The van der Waals surface area contributed by atoms with Crippen LogP contribution in [0.3, 0.4) is 0 Å². The zero-order valence-electron chi connectivity index (χ0n) is 10.2. The van der Waals surface area contributed by atoms with Crippen LogP contribution in [0.2, 0.25) is 0 Å². The van der Waals surface area contributed by atoms with Gasteiger partial charge in [-0.25, -0.2) is 4.98 Å². The third-order valence-corrected chi connectivity index (χ3v) is 4.18. The molecular weight excluding hydrogens is 218 g/mol. The van der Waals surface area contributed by atoms with Crippen LogP contribution in [0.4, 0.5) is 0 Å². The van der Waals surface area contributed by atoms with E-state index in [0.717, 1.165) is 19.1 Å². The van der Waals surface area contributed by atoms with E-state index in [-0.39, 0.29) is 0 Å². The van der Waals surface area contributed by atoms with Crippen LogP contribution in [-0.4, -0.2) is 30.0 Å². The summed E-state index contributed by atoms with van der Waals surface area (Å²) in [6, 6.07) is 0.787. The fourth-order valence-corrected chi connectivity index (χ4v) is 3.18. The van der Waals surface area contributed by atoms with Gasteiger partial charge >= 0.3 is 0 Å². The average Bonchev–Trinajstić information content (AvgIpc) is 2.89. The molecule has 3 nitrogen and oxygen atoms in total.